The molecule has 2 N–H and O–H groups in total. The van der Waals surface area contributed by atoms with Crippen LogP contribution < -0.4 is 20.1 Å². The van der Waals surface area contributed by atoms with E-state index in [0.29, 0.717) is 26.4 Å². The summed E-state index contributed by atoms with van der Waals surface area (Å²) in [7, 11) is 0. The zero-order valence-electron chi connectivity index (χ0n) is 16.0. The van der Waals surface area contributed by atoms with E-state index >= 15 is 0 Å². The number of carbonyl (C=O) groups excluding carboxylic acids is 1. The van der Waals surface area contributed by atoms with Crippen molar-refractivity contribution in [2.24, 2.45) is 0 Å². The summed E-state index contributed by atoms with van der Waals surface area (Å²) in [4.78, 5) is 12.1. The summed E-state index contributed by atoms with van der Waals surface area (Å²) in [6.07, 6.45) is 0.955. The quantitative estimate of drug-likeness (QED) is 0.552. The van der Waals surface area contributed by atoms with Crippen LogP contribution in [0.5, 0.6) is 11.5 Å². The zero-order valence-corrected chi connectivity index (χ0v) is 16.0. The van der Waals surface area contributed by atoms with Gasteiger partial charge < -0.3 is 24.8 Å². The van der Waals surface area contributed by atoms with Crippen LogP contribution in [0, 0.1) is 0 Å². The molecule has 0 atom stereocenters. The highest BCUT2D eigenvalue weighted by molar-refractivity contribution is 5.93. The van der Waals surface area contributed by atoms with Gasteiger partial charge in [-0.05, 0) is 49.7 Å². The van der Waals surface area contributed by atoms with Gasteiger partial charge in [-0.15, -0.1) is 0 Å². The van der Waals surface area contributed by atoms with Crippen molar-refractivity contribution in [1.29, 1.82) is 0 Å². The van der Waals surface area contributed by atoms with Crippen molar-refractivity contribution in [3.63, 3.8) is 0 Å². The molecule has 0 aliphatic heterocycles. The van der Waals surface area contributed by atoms with E-state index in [1.54, 1.807) is 0 Å². The van der Waals surface area contributed by atoms with Crippen molar-refractivity contribution < 1.29 is 19.0 Å². The normalized spacial score (nSPS) is 10.3. The second kappa shape index (κ2) is 11.8. The van der Waals surface area contributed by atoms with E-state index in [0.717, 1.165) is 29.3 Å². The van der Waals surface area contributed by atoms with Crippen molar-refractivity contribution in [1.82, 2.24) is 0 Å². The van der Waals surface area contributed by atoms with Gasteiger partial charge in [-0.1, -0.05) is 13.0 Å². The van der Waals surface area contributed by atoms with E-state index in [2.05, 4.69) is 17.6 Å². The second-order valence-corrected chi connectivity index (χ2v) is 5.85. The number of rotatable bonds is 12. The van der Waals surface area contributed by atoms with Crippen molar-refractivity contribution in [2.75, 3.05) is 43.6 Å². The Balaban J connectivity index is 1.75. The van der Waals surface area contributed by atoms with Gasteiger partial charge in [0.05, 0.1) is 19.8 Å². The summed E-state index contributed by atoms with van der Waals surface area (Å²) >= 11 is 0. The molecule has 0 spiro atoms. The number of nitrogens with one attached hydrogen (secondary N) is 2. The summed E-state index contributed by atoms with van der Waals surface area (Å²) in [5.41, 5.74) is 1.57. The average molecular weight is 372 g/mol. The smallest absolute Gasteiger partial charge is 0.243 e. The molecule has 0 fully saturated rings. The van der Waals surface area contributed by atoms with E-state index in [1.165, 1.54) is 0 Å². The SMILES string of the molecule is CCCOc1cccc(NCC(=O)Nc2ccc(OCCOCC)cc2)c1. The average Bonchev–Trinajstić information content (AvgIpc) is 2.70. The third kappa shape index (κ3) is 8.00. The minimum atomic E-state index is -0.125. The van der Waals surface area contributed by atoms with E-state index < -0.39 is 0 Å². The van der Waals surface area contributed by atoms with Gasteiger partial charge in [0.15, 0.2) is 0 Å². The highest BCUT2D eigenvalue weighted by Crippen LogP contribution is 2.18. The summed E-state index contributed by atoms with van der Waals surface area (Å²) < 4.78 is 16.4. The Morgan fingerprint density at radius 2 is 1.67 bits per heavy atom. The van der Waals surface area contributed by atoms with Gasteiger partial charge in [-0.25, -0.2) is 0 Å². The van der Waals surface area contributed by atoms with Crippen LogP contribution in [0.3, 0.4) is 0 Å². The lowest BCUT2D eigenvalue weighted by molar-refractivity contribution is -0.114. The van der Waals surface area contributed by atoms with Crippen molar-refractivity contribution in [2.45, 2.75) is 20.3 Å². The van der Waals surface area contributed by atoms with E-state index in [1.807, 2.05) is 55.5 Å². The van der Waals surface area contributed by atoms with Crippen LogP contribution in [0.4, 0.5) is 11.4 Å². The van der Waals surface area contributed by atoms with Crippen LogP contribution >= 0.6 is 0 Å². The molecule has 2 rings (SSSR count). The topological polar surface area (TPSA) is 68.8 Å². The predicted molar refractivity (Wildman–Crippen MR) is 108 cm³/mol. The van der Waals surface area contributed by atoms with Crippen LogP contribution in [0.15, 0.2) is 48.5 Å². The lowest BCUT2D eigenvalue weighted by Crippen LogP contribution is -2.21. The zero-order chi connectivity index (χ0) is 19.3. The highest BCUT2D eigenvalue weighted by Gasteiger charge is 2.04. The molecule has 0 aliphatic carbocycles. The fourth-order valence-corrected chi connectivity index (χ4v) is 2.30. The van der Waals surface area contributed by atoms with Gasteiger partial charge in [-0.3, -0.25) is 4.79 Å². The molecule has 2 aromatic carbocycles. The molecule has 1 amide bonds. The number of ether oxygens (including phenoxy) is 3. The predicted octanol–water partition coefficient (Wildman–Crippen LogP) is 3.94. The fraction of sp³-hybridized carbons (Fsp3) is 0.381. The molecule has 0 heterocycles. The van der Waals surface area contributed by atoms with Gasteiger partial charge in [-0.2, -0.15) is 0 Å². The minimum Gasteiger partial charge on any atom is -0.494 e. The number of anilines is 2. The maximum atomic E-state index is 12.1. The Morgan fingerprint density at radius 3 is 2.41 bits per heavy atom. The molecule has 0 radical (unpaired) electrons. The summed E-state index contributed by atoms with van der Waals surface area (Å²) in [6, 6.07) is 14.9. The second-order valence-electron chi connectivity index (χ2n) is 5.85. The Morgan fingerprint density at radius 1 is 0.889 bits per heavy atom. The Bertz CT molecular complexity index is 689. The minimum absolute atomic E-state index is 0.125. The van der Waals surface area contributed by atoms with Crippen LogP contribution in [-0.4, -0.2) is 38.9 Å². The Labute approximate surface area is 160 Å². The number of benzene rings is 2. The molecule has 0 saturated carbocycles. The first-order chi connectivity index (χ1) is 13.2. The number of hydrogen-bond donors (Lipinski definition) is 2. The van der Waals surface area contributed by atoms with Crippen molar-refractivity contribution in [3.05, 3.63) is 48.5 Å². The maximum Gasteiger partial charge on any atom is 0.243 e. The van der Waals surface area contributed by atoms with E-state index in [-0.39, 0.29) is 12.5 Å². The summed E-state index contributed by atoms with van der Waals surface area (Å²) in [6.45, 7) is 6.60. The number of amides is 1. The molecule has 0 aromatic heterocycles. The van der Waals surface area contributed by atoms with Crippen LogP contribution in [0.2, 0.25) is 0 Å². The van der Waals surface area contributed by atoms with Crippen molar-refractivity contribution in [3.8, 4) is 11.5 Å². The lowest BCUT2D eigenvalue weighted by Gasteiger charge is -2.11. The molecule has 146 valence electrons. The molecule has 6 heteroatoms. The van der Waals surface area contributed by atoms with Crippen LogP contribution in [0.25, 0.3) is 0 Å². The van der Waals surface area contributed by atoms with E-state index in [9.17, 15) is 4.79 Å². The molecule has 0 saturated heterocycles. The number of carbonyl (C=O) groups is 1. The van der Waals surface area contributed by atoms with E-state index in [4.69, 9.17) is 14.2 Å². The van der Waals surface area contributed by atoms with Gasteiger partial charge >= 0.3 is 0 Å². The molecule has 6 nitrogen and oxygen atoms in total. The van der Waals surface area contributed by atoms with Crippen LogP contribution in [-0.2, 0) is 9.53 Å². The summed E-state index contributed by atoms with van der Waals surface area (Å²) in [5.74, 6) is 1.41. The Kier molecular flexibility index (Phi) is 9.00. The molecule has 2 aromatic rings. The molecule has 0 bridgehead atoms. The molecule has 27 heavy (non-hydrogen) atoms. The van der Waals surface area contributed by atoms with Gasteiger partial charge in [0.2, 0.25) is 5.91 Å². The van der Waals surface area contributed by atoms with Gasteiger partial charge in [0.25, 0.3) is 0 Å². The standard InChI is InChI=1S/C21H28N2O4/c1-3-12-26-20-7-5-6-18(15-20)22-16-21(24)23-17-8-10-19(11-9-17)27-14-13-25-4-2/h5-11,15,22H,3-4,12-14,16H2,1-2H3,(H,23,24). The summed E-state index contributed by atoms with van der Waals surface area (Å²) in [5, 5.41) is 5.95. The molecule has 0 unspecified atom stereocenters. The fourth-order valence-electron chi connectivity index (χ4n) is 2.30. The lowest BCUT2D eigenvalue weighted by atomic mass is 10.3. The molecular weight excluding hydrogens is 344 g/mol. The first kappa shape index (κ1) is 20.6. The number of hydrogen-bond acceptors (Lipinski definition) is 5. The first-order valence-electron chi connectivity index (χ1n) is 9.28. The third-order valence-corrected chi connectivity index (χ3v) is 3.60. The van der Waals surface area contributed by atoms with Crippen molar-refractivity contribution >= 4 is 17.3 Å². The maximum absolute atomic E-state index is 12.1. The van der Waals surface area contributed by atoms with Gasteiger partial charge in [0, 0.05) is 24.0 Å². The Hall–Kier alpha value is -2.73. The third-order valence-electron chi connectivity index (χ3n) is 3.60. The largest absolute Gasteiger partial charge is 0.494 e. The highest BCUT2D eigenvalue weighted by atomic mass is 16.5. The first-order valence-corrected chi connectivity index (χ1v) is 9.28. The molecular formula is C21H28N2O4. The monoisotopic (exact) mass is 372 g/mol. The van der Waals surface area contributed by atoms with Gasteiger partial charge in [0.1, 0.15) is 18.1 Å². The van der Waals surface area contributed by atoms with Crippen LogP contribution in [0.1, 0.15) is 20.3 Å². The molecule has 0 aliphatic rings.